The summed E-state index contributed by atoms with van der Waals surface area (Å²) in [6, 6.07) is 5.77. The van der Waals surface area contributed by atoms with Gasteiger partial charge in [0.05, 0.1) is 5.56 Å². The number of alkyl halides is 3. The maximum Gasteiger partial charge on any atom is 0.416 e. The number of carbonyl (C=O) groups is 1. The van der Waals surface area contributed by atoms with Gasteiger partial charge in [0.25, 0.3) is 0 Å². The van der Waals surface area contributed by atoms with Crippen LogP contribution in [-0.4, -0.2) is 29.9 Å². The second kappa shape index (κ2) is 8.05. The number of amides is 1. The van der Waals surface area contributed by atoms with Crippen LogP contribution < -0.4 is 5.32 Å². The van der Waals surface area contributed by atoms with Crippen LogP contribution in [0.15, 0.2) is 24.3 Å². The molecule has 2 saturated carbocycles. The number of rotatable bonds is 5. The minimum atomic E-state index is -4.30. The van der Waals surface area contributed by atoms with Gasteiger partial charge in [-0.3, -0.25) is 9.69 Å². The van der Waals surface area contributed by atoms with Gasteiger partial charge in [-0.2, -0.15) is 13.2 Å². The summed E-state index contributed by atoms with van der Waals surface area (Å²) in [7, 11) is 0. The number of hydrogen-bond donors (Lipinski definition) is 1. The summed E-state index contributed by atoms with van der Waals surface area (Å²) in [5.74, 6) is 2.40. The zero-order valence-corrected chi connectivity index (χ0v) is 16.2. The third-order valence-corrected chi connectivity index (χ3v) is 6.95. The molecule has 6 heteroatoms. The summed E-state index contributed by atoms with van der Waals surface area (Å²) in [4.78, 5) is 14.6. The molecular weight excluding hydrogens is 365 g/mol. The van der Waals surface area contributed by atoms with E-state index in [0.717, 1.165) is 43.8 Å². The molecule has 154 valence electrons. The van der Waals surface area contributed by atoms with Crippen molar-refractivity contribution in [2.45, 2.75) is 63.7 Å². The van der Waals surface area contributed by atoms with Crippen LogP contribution in [0.5, 0.6) is 0 Å². The van der Waals surface area contributed by atoms with Gasteiger partial charge >= 0.3 is 6.18 Å². The fourth-order valence-electron chi connectivity index (χ4n) is 5.49. The molecule has 0 unspecified atom stereocenters. The molecule has 0 radical (unpaired) electrons. The first-order valence-corrected chi connectivity index (χ1v) is 10.5. The number of likely N-dealkylation sites (tertiary alicyclic amines) is 1. The van der Waals surface area contributed by atoms with Crippen LogP contribution in [0.25, 0.3) is 0 Å². The standard InChI is InChI=1S/C22H29F3N2O/c23-22(24,25)19-3-1-2-16(12-19)14-27-8-6-20(7-9-27)26-21(28)13-18-11-15-4-5-17(18)10-15/h1-3,12,15,17-18,20H,4-11,13-14H2,(H,26,28)/t15-,17-,18+/m0/s1. The molecule has 3 aliphatic rings. The minimum Gasteiger partial charge on any atom is -0.353 e. The monoisotopic (exact) mass is 394 g/mol. The molecule has 1 aliphatic heterocycles. The smallest absolute Gasteiger partial charge is 0.353 e. The molecule has 2 bridgehead atoms. The van der Waals surface area contributed by atoms with E-state index >= 15 is 0 Å². The Morgan fingerprint density at radius 2 is 1.89 bits per heavy atom. The Morgan fingerprint density at radius 3 is 2.54 bits per heavy atom. The molecule has 1 amide bonds. The van der Waals surface area contributed by atoms with E-state index in [1.807, 2.05) is 0 Å². The number of nitrogens with zero attached hydrogens (tertiary/aromatic N) is 1. The Balaban J connectivity index is 1.21. The van der Waals surface area contributed by atoms with Crippen molar-refractivity contribution >= 4 is 5.91 Å². The normalized spacial score (nSPS) is 28.6. The van der Waals surface area contributed by atoms with E-state index in [1.54, 1.807) is 6.07 Å². The molecule has 2 aliphatic carbocycles. The van der Waals surface area contributed by atoms with Crippen LogP contribution >= 0.6 is 0 Å². The van der Waals surface area contributed by atoms with E-state index in [-0.39, 0.29) is 11.9 Å². The maximum absolute atomic E-state index is 12.9. The van der Waals surface area contributed by atoms with Crippen molar-refractivity contribution in [2.75, 3.05) is 13.1 Å². The molecule has 1 heterocycles. The summed E-state index contributed by atoms with van der Waals surface area (Å²) in [5.41, 5.74) is 0.0985. The zero-order valence-electron chi connectivity index (χ0n) is 16.2. The quantitative estimate of drug-likeness (QED) is 0.791. The molecule has 0 aromatic heterocycles. The predicted molar refractivity (Wildman–Crippen MR) is 101 cm³/mol. The molecule has 1 aromatic carbocycles. The second-order valence-electron chi connectivity index (χ2n) is 8.96. The van der Waals surface area contributed by atoms with Crippen LogP contribution in [0.2, 0.25) is 0 Å². The van der Waals surface area contributed by atoms with Crippen molar-refractivity contribution < 1.29 is 18.0 Å². The number of hydrogen-bond acceptors (Lipinski definition) is 2. The van der Waals surface area contributed by atoms with Crippen molar-refractivity contribution in [3.63, 3.8) is 0 Å². The van der Waals surface area contributed by atoms with Gasteiger partial charge in [-0.15, -0.1) is 0 Å². The Morgan fingerprint density at radius 1 is 1.11 bits per heavy atom. The van der Waals surface area contributed by atoms with Gasteiger partial charge in [0, 0.05) is 32.1 Å². The molecule has 28 heavy (non-hydrogen) atoms. The Hall–Kier alpha value is -1.56. The van der Waals surface area contributed by atoms with E-state index < -0.39 is 11.7 Å². The zero-order chi connectivity index (χ0) is 19.7. The lowest BCUT2D eigenvalue weighted by atomic mass is 9.86. The molecular formula is C22H29F3N2O. The summed E-state index contributed by atoms with van der Waals surface area (Å²) in [6.07, 6.45) is 3.31. The number of nitrogens with one attached hydrogen (secondary N) is 1. The second-order valence-corrected chi connectivity index (χ2v) is 8.96. The number of carbonyl (C=O) groups excluding carboxylic acids is 1. The van der Waals surface area contributed by atoms with Gasteiger partial charge in [0.2, 0.25) is 5.91 Å². The molecule has 1 aromatic rings. The average molecular weight is 394 g/mol. The Labute approximate surface area is 164 Å². The summed E-state index contributed by atoms with van der Waals surface area (Å²) < 4.78 is 38.6. The highest BCUT2D eigenvalue weighted by molar-refractivity contribution is 5.76. The SMILES string of the molecule is O=C(C[C@H]1C[C@H]2CC[C@H]1C2)NC1CCN(Cc2cccc(C(F)(F)F)c2)CC1. The van der Waals surface area contributed by atoms with Crippen molar-refractivity contribution in [2.24, 2.45) is 17.8 Å². The molecule has 1 saturated heterocycles. The van der Waals surface area contributed by atoms with Gasteiger partial charge in [-0.05, 0) is 61.5 Å². The molecule has 0 spiro atoms. The first kappa shape index (κ1) is 19.7. The van der Waals surface area contributed by atoms with Crippen molar-refractivity contribution in [1.29, 1.82) is 0 Å². The molecule has 1 N–H and O–H groups in total. The first-order valence-electron chi connectivity index (χ1n) is 10.5. The predicted octanol–water partition coefficient (Wildman–Crippen LogP) is 4.61. The van der Waals surface area contributed by atoms with Gasteiger partial charge < -0.3 is 5.32 Å². The first-order chi connectivity index (χ1) is 13.4. The molecule has 3 atom stereocenters. The lowest BCUT2D eigenvalue weighted by molar-refractivity contribution is -0.137. The highest BCUT2D eigenvalue weighted by atomic mass is 19.4. The van der Waals surface area contributed by atoms with E-state index in [2.05, 4.69) is 10.2 Å². The molecule has 4 rings (SSSR count). The Kier molecular flexibility index (Phi) is 5.68. The van der Waals surface area contributed by atoms with Crippen molar-refractivity contribution in [1.82, 2.24) is 10.2 Å². The number of piperidine rings is 1. The highest BCUT2D eigenvalue weighted by Crippen LogP contribution is 2.49. The fourth-order valence-corrected chi connectivity index (χ4v) is 5.49. The van der Waals surface area contributed by atoms with Crippen LogP contribution in [0.3, 0.4) is 0 Å². The lowest BCUT2D eigenvalue weighted by Crippen LogP contribution is -2.44. The van der Waals surface area contributed by atoms with E-state index in [0.29, 0.717) is 24.4 Å². The van der Waals surface area contributed by atoms with E-state index in [4.69, 9.17) is 0 Å². The fraction of sp³-hybridized carbons (Fsp3) is 0.682. The van der Waals surface area contributed by atoms with Crippen LogP contribution in [0.1, 0.15) is 56.1 Å². The molecule has 3 fully saturated rings. The van der Waals surface area contributed by atoms with Crippen LogP contribution in [0.4, 0.5) is 13.2 Å². The Bertz CT molecular complexity index is 697. The topological polar surface area (TPSA) is 32.3 Å². The van der Waals surface area contributed by atoms with E-state index in [9.17, 15) is 18.0 Å². The van der Waals surface area contributed by atoms with Crippen LogP contribution in [0, 0.1) is 17.8 Å². The summed E-state index contributed by atoms with van der Waals surface area (Å²) in [6.45, 7) is 2.13. The van der Waals surface area contributed by atoms with Gasteiger partial charge in [0.15, 0.2) is 0 Å². The van der Waals surface area contributed by atoms with Crippen molar-refractivity contribution in [3.05, 3.63) is 35.4 Å². The number of benzene rings is 1. The van der Waals surface area contributed by atoms with Crippen LogP contribution in [-0.2, 0) is 17.5 Å². The van der Waals surface area contributed by atoms with Gasteiger partial charge in [-0.1, -0.05) is 24.6 Å². The third-order valence-electron chi connectivity index (χ3n) is 6.95. The van der Waals surface area contributed by atoms with Crippen molar-refractivity contribution in [3.8, 4) is 0 Å². The maximum atomic E-state index is 12.9. The largest absolute Gasteiger partial charge is 0.416 e. The summed E-state index contributed by atoms with van der Waals surface area (Å²) >= 11 is 0. The van der Waals surface area contributed by atoms with Gasteiger partial charge in [0.1, 0.15) is 0 Å². The summed E-state index contributed by atoms with van der Waals surface area (Å²) in [5, 5.41) is 3.20. The van der Waals surface area contributed by atoms with Gasteiger partial charge in [-0.25, -0.2) is 0 Å². The third kappa shape index (κ3) is 4.70. The highest BCUT2D eigenvalue weighted by Gasteiger charge is 2.40. The lowest BCUT2D eigenvalue weighted by Gasteiger charge is -2.33. The minimum absolute atomic E-state index is 0.189. The average Bonchev–Trinajstić information content (AvgIpc) is 3.26. The number of halogens is 3. The molecule has 3 nitrogen and oxygen atoms in total. The van der Waals surface area contributed by atoms with E-state index in [1.165, 1.54) is 37.8 Å². The number of fused-ring (bicyclic) bond motifs is 2.